The lowest BCUT2D eigenvalue weighted by atomic mass is 9.89. The zero-order valence-corrected chi connectivity index (χ0v) is 19.3. The second-order valence-electron chi connectivity index (χ2n) is 10.4. The molecule has 4 heterocycles. The van der Waals surface area contributed by atoms with E-state index in [4.69, 9.17) is 0 Å². The molecule has 178 valence electrons. The second-order valence-corrected chi connectivity index (χ2v) is 10.4. The second kappa shape index (κ2) is 9.57. The van der Waals surface area contributed by atoms with Gasteiger partial charge in [-0.2, -0.15) is 0 Å². The summed E-state index contributed by atoms with van der Waals surface area (Å²) in [6.07, 6.45) is 11.0. The number of piperidine rings is 2. The van der Waals surface area contributed by atoms with Gasteiger partial charge in [-0.15, -0.1) is 0 Å². The fourth-order valence-electron chi connectivity index (χ4n) is 6.77. The molecule has 32 heavy (non-hydrogen) atoms. The average Bonchev–Trinajstić information content (AvgIpc) is 3.39. The minimum atomic E-state index is 0.169. The molecule has 1 aliphatic carbocycles. The van der Waals surface area contributed by atoms with Gasteiger partial charge in [-0.3, -0.25) is 9.59 Å². The van der Waals surface area contributed by atoms with Gasteiger partial charge in [-0.25, -0.2) is 4.79 Å². The van der Waals surface area contributed by atoms with Crippen molar-refractivity contribution < 1.29 is 14.4 Å². The maximum Gasteiger partial charge on any atom is 0.318 e. The molecular weight excluding hydrogens is 406 g/mol. The molecule has 8 nitrogen and oxygen atoms in total. The Balaban J connectivity index is 1.05. The van der Waals surface area contributed by atoms with Crippen LogP contribution in [0.3, 0.4) is 0 Å². The molecule has 0 radical (unpaired) electrons. The summed E-state index contributed by atoms with van der Waals surface area (Å²) in [6.45, 7) is 5.16. The molecule has 5 fully saturated rings. The normalized spacial score (nSPS) is 30.7. The molecule has 2 atom stereocenters. The van der Waals surface area contributed by atoms with Crippen LogP contribution in [0.1, 0.15) is 70.6 Å². The molecule has 5 aliphatic rings. The van der Waals surface area contributed by atoms with Crippen molar-refractivity contribution in [3.8, 4) is 0 Å². The number of rotatable bonds is 5. The first-order valence-corrected chi connectivity index (χ1v) is 13.0. The molecule has 0 spiro atoms. The number of carbonyl (C=O) groups is 3. The van der Waals surface area contributed by atoms with E-state index >= 15 is 0 Å². The number of urea groups is 1. The molecule has 4 amide bonds. The molecular formula is C24H39N5O3. The molecule has 4 saturated heterocycles. The predicted molar refractivity (Wildman–Crippen MR) is 121 cm³/mol. The lowest BCUT2D eigenvalue weighted by Gasteiger charge is -2.44. The van der Waals surface area contributed by atoms with Crippen molar-refractivity contribution in [2.24, 2.45) is 0 Å². The van der Waals surface area contributed by atoms with E-state index in [1.54, 1.807) is 0 Å². The lowest BCUT2D eigenvalue weighted by molar-refractivity contribution is -0.134. The van der Waals surface area contributed by atoms with Crippen molar-refractivity contribution in [1.82, 2.24) is 24.9 Å². The highest BCUT2D eigenvalue weighted by Crippen LogP contribution is 2.33. The zero-order chi connectivity index (χ0) is 22.1. The summed E-state index contributed by atoms with van der Waals surface area (Å²) in [6, 6.07) is 1.89. The summed E-state index contributed by atoms with van der Waals surface area (Å²) in [5, 5.41) is 3.24. The molecule has 1 N–H and O–H groups in total. The smallest absolute Gasteiger partial charge is 0.318 e. The fourth-order valence-corrected chi connectivity index (χ4v) is 6.77. The number of likely N-dealkylation sites (tertiary alicyclic amines) is 3. The first kappa shape index (κ1) is 22.0. The van der Waals surface area contributed by atoms with Gasteiger partial charge >= 0.3 is 6.03 Å². The SMILES string of the molecule is O=C1CCCN1CCC(=O)N1CCC(N2CCC(N3C(=O)N[C@@H]4CCCC[C@H]43)CC2)CC1. The monoisotopic (exact) mass is 445 g/mol. The quantitative estimate of drug-likeness (QED) is 0.700. The van der Waals surface area contributed by atoms with Crippen LogP contribution in [0, 0.1) is 0 Å². The third-order valence-corrected chi connectivity index (χ3v) is 8.62. The number of nitrogens with zero attached hydrogens (tertiary/aromatic N) is 4. The largest absolute Gasteiger partial charge is 0.343 e. The third-order valence-electron chi connectivity index (χ3n) is 8.62. The van der Waals surface area contributed by atoms with Gasteiger partial charge < -0.3 is 24.9 Å². The van der Waals surface area contributed by atoms with Gasteiger partial charge in [-0.1, -0.05) is 12.8 Å². The van der Waals surface area contributed by atoms with E-state index < -0.39 is 0 Å². The Bertz CT molecular complexity index is 714. The molecule has 0 unspecified atom stereocenters. The maximum absolute atomic E-state index is 12.6. The number of fused-ring (bicyclic) bond motifs is 1. The minimum absolute atomic E-state index is 0.169. The van der Waals surface area contributed by atoms with E-state index in [-0.39, 0.29) is 17.8 Å². The zero-order valence-electron chi connectivity index (χ0n) is 19.3. The number of hydrogen-bond acceptors (Lipinski definition) is 4. The maximum atomic E-state index is 12.6. The van der Waals surface area contributed by atoms with Crippen LogP contribution in [0.5, 0.6) is 0 Å². The van der Waals surface area contributed by atoms with Crippen LogP contribution >= 0.6 is 0 Å². The first-order valence-electron chi connectivity index (χ1n) is 13.0. The van der Waals surface area contributed by atoms with Crippen LogP contribution in [0.2, 0.25) is 0 Å². The Kier molecular flexibility index (Phi) is 6.58. The van der Waals surface area contributed by atoms with Crippen molar-refractivity contribution in [1.29, 1.82) is 0 Å². The summed E-state index contributed by atoms with van der Waals surface area (Å²) < 4.78 is 0. The molecule has 0 bridgehead atoms. The van der Waals surface area contributed by atoms with Crippen LogP contribution in [0.25, 0.3) is 0 Å². The standard InChI is InChI=1S/C24H39N5O3/c30-22-6-3-12-27(22)17-11-23(31)28-15-7-18(8-16-28)26-13-9-19(10-14-26)29-21-5-2-1-4-20(21)25-24(29)32/h18-21H,1-17H2,(H,25,32)/t20-,21-/m1/s1. The Morgan fingerprint density at radius 1 is 0.844 bits per heavy atom. The molecule has 0 aromatic heterocycles. The van der Waals surface area contributed by atoms with E-state index in [1.165, 1.54) is 12.8 Å². The van der Waals surface area contributed by atoms with Gasteiger partial charge in [0.05, 0.1) is 12.1 Å². The summed E-state index contributed by atoms with van der Waals surface area (Å²) >= 11 is 0. The van der Waals surface area contributed by atoms with Crippen LogP contribution in [0.4, 0.5) is 4.79 Å². The van der Waals surface area contributed by atoms with Crippen molar-refractivity contribution in [3.63, 3.8) is 0 Å². The van der Waals surface area contributed by atoms with Crippen LogP contribution in [0.15, 0.2) is 0 Å². The molecule has 4 aliphatic heterocycles. The number of carbonyl (C=O) groups excluding carboxylic acids is 3. The molecule has 0 aromatic carbocycles. The highest BCUT2D eigenvalue weighted by molar-refractivity contribution is 5.80. The number of nitrogens with one attached hydrogen (secondary N) is 1. The van der Waals surface area contributed by atoms with Gasteiger partial charge in [-0.05, 0) is 44.9 Å². The average molecular weight is 446 g/mol. The Morgan fingerprint density at radius 3 is 2.28 bits per heavy atom. The lowest BCUT2D eigenvalue weighted by Crippen LogP contribution is -2.53. The number of hydrogen-bond donors (Lipinski definition) is 1. The van der Waals surface area contributed by atoms with E-state index in [2.05, 4.69) is 15.1 Å². The minimum Gasteiger partial charge on any atom is -0.343 e. The topological polar surface area (TPSA) is 76.2 Å². The third kappa shape index (κ3) is 4.47. The highest BCUT2D eigenvalue weighted by Gasteiger charge is 2.44. The molecule has 1 saturated carbocycles. The van der Waals surface area contributed by atoms with Crippen molar-refractivity contribution >= 4 is 17.8 Å². The summed E-state index contributed by atoms with van der Waals surface area (Å²) in [4.78, 5) is 45.6. The van der Waals surface area contributed by atoms with E-state index in [0.29, 0.717) is 43.6 Å². The predicted octanol–water partition coefficient (Wildman–Crippen LogP) is 1.79. The first-order chi connectivity index (χ1) is 15.6. The summed E-state index contributed by atoms with van der Waals surface area (Å²) in [5.74, 6) is 0.397. The van der Waals surface area contributed by atoms with Gasteiger partial charge in [0, 0.05) is 64.2 Å². The van der Waals surface area contributed by atoms with Gasteiger partial charge in [0.2, 0.25) is 11.8 Å². The highest BCUT2D eigenvalue weighted by atomic mass is 16.2. The summed E-state index contributed by atoms with van der Waals surface area (Å²) in [5.41, 5.74) is 0. The van der Waals surface area contributed by atoms with Gasteiger partial charge in [0.25, 0.3) is 0 Å². The van der Waals surface area contributed by atoms with E-state index in [1.807, 2.05) is 9.80 Å². The summed E-state index contributed by atoms with van der Waals surface area (Å²) in [7, 11) is 0. The molecule has 0 aromatic rings. The fraction of sp³-hybridized carbons (Fsp3) is 0.875. The van der Waals surface area contributed by atoms with Gasteiger partial charge in [0.1, 0.15) is 0 Å². The van der Waals surface area contributed by atoms with Crippen molar-refractivity contribution in [2.45, 2.75) is 94.8 Å². The van der Waals surface area contributed by atoms with E-state index in [9.17, 15) is 14.4 Å². The van der Waals surface area contributed by atoms with Crippen molar-refractivity contribution in [2.75, 3.05) is 39.3 Å². The van der Waals surface area contributed by atoms with Crippen molar-refractivity contribution in [3.05, 3.63) is 0 Å². The Labute approximate surface area is 191 Å². The Morgan fingerprint density at radius 2 is 1.56 bits per heavy atom. The molecule has 8 heteroatoms. The van der Waals surface area contributed by atoms with Crippen LogP contribution in [-0.4, -0.2) is 101 Å². The Hall–Kier alpha value is -1.83. The van der Waals surface area contributed by atoms with Crippen LogP contribution in [-0.2, 0) is 9.59 Å². The number of amides is 4. The molecule has 5 rings (SSSR count). The van der Waals surface area contributed by atoms with E-state index in [0.717, 1.165) is 77.7 Å². The van der Waals surface area contributed by atoms with Gasteiger partial charge in [0.15, 0.2) is 0 Å². The van der Waals surface area contributed by atoms with Crippen LogP contribution < -0.4 is 5.32 Å².